The normalized spacial score (nSPS) is 19.6. The van der Waals surface area contributed by atoms with Gasteiger partial charge in [0.2, 0.25) is 5.13 Å². The van der Waals surface area contributed by atoms with Gasteiger partial charge >= 0.3 is 0 Å². The minimum atomic E-state index is 0.413. The van der Waals surface area contributed by atoms with Gasteiger partial charge in [-0.1, -0.05) is 30.6 Å². The molecule has 0 radical (unpaired) electrons. The third kappa shape index (κ3) is 3.11. The number of aromatic nitrogens is 2. The highest BCUT2D eigenvalue weighted by atomic mass is 79.9. The molecule has 3 nitrogen and oxygen atoms in total. The molecule has 0 aromatic carbocycles. The second kappa shape index (κ2) is 5.69. The van der Waals surface area contributed by atoms with Crippen molar-refractivity contribution in [1.82, 2.24) is 10.2 Å². The van der Waals surface area contributed by atoms with Crippen molar-refractivity contribution in [3.8, 4) is 0 Å². The van der Waals surface area contributed by atoms with Crippen LogP contribution >= 0.6 is 39.0 Å². The topological polar surface area (TPSA) is 37.8 Å². The lowest BCUT2D eigenvalue weighted by Crippen LogP contribution is -2.35. The zero-order valence-corrected chi connectivity index (χ0v) is 12.6. The van der Waals surface area contributed by atoms with Crippen LogP contribution in [0.2, 0.25) is 0 Å². The van der Waals surface area contributed by atoms with Gasteiger partial charge in [-0.2, -0.15) is 11.8 Å². The summed E-state index contributed by atoms with van der Waals surface area (Å²) in [6, 6.07) is 0. The average molecular weight is 322 g/mol. The molecule has 0 amide bonds. The molecule has 1 saturated carbocycles. The van der Waals surface area contributed by atoms with Crippen molar-refractivity contribution in [2.24, 2.45) is 0 Å². The number of thioether (sulfide) groups is 1. The molecule has 1 aromatic rings. The minimum absolute atomic E-state index is 0.413. The molecule has 0 aliphatic heterocycles. The molecule has 0 spiro atoms. The highest BCUT2D eigenvalue weighted by molar-refractivity contribution is 9.11. The Kier molecular flexibility index (Phi) is 4.49. The maximum absolute atomic E-state index is 4.07. The lowest BCUT2D eigenvalue weighted by molar-refractivity contribution is 0.411. The van der Waals surface area contributed by atoms with Gasteiger partial charge < -0.3 is 5.32 Å². The maximum Gasteiger partial charge on any atom is 0.206 e. The molecule has 2 rings (SSSR count). The van der Waals surface area contributed by atoms with Crippen LogP contribution in [-0.4, -0.2) is 27.7 Å². The summed E-state index contributed by atoms with van der Waals surface area (Å²) < 4.78 is 1.26. The Morgan fingerprint density at radius 1 is 1.38 bits per heavy atom. The van der Waals surface area contributed by atoms with Crippen molar-refractivity contribution < 1.29 is 0 Å². The first kappa shape index (κ1) is 12.6. The second-order valence-electron chi connectivity index (χ2n) is 4.16. The van der Waals surface area contributed by atoms with Gasteiger partial charge in [-0.25, -0.2) is 0 Å². The highest BCUT2D eigenvalue weighted by Crippen LogP contribution is 2.38. The molecule has 1 N–H and O–H groups in total. The van der Waals surface area contributed by atoms with E-state index in [2.05, 4.69) is 37.7 Å². The monoisotopic (exact) mass is 321 g/mol. The van der Waals surface area contributed by atoms with Gasteiger partial charge in [0.05, 0.1) is 0 Å². The first-order valence-corrected chi connectivity index (χ1v) is 8.36. The molecule has 0 unspecified atom stereocenters. The third-order valence-corrected chi connectivity index (χ3v) is 5.89. The van der Waals surface area contributed by atoms with Gasteiger partial charge in [0.25, 0.3) is 0 Å². The van der Waals surface area contributed by atoms with E-state index in [1.54, 1.807) is 11.3 Å². The van der Waals surface area contributed by atoms with Crippen molar-refractivity contribution in [2.45, 2.75) is 36.9 Å². The lowest BCUT2D eigenvalue weighted by atomic mass is 9.88. The summed E-state index contributed by atoms with van der Waals surface area (Å²) in [5.41, 5.74) is 0. The highest BCUT2D eigenvalue weighted by Gasteiger charge is 2.31. The summed E-state index contributed by atoms with van der Waals surface area (Å²) in [5, 5.41) is 12.4. The van der Waals surface area contributed by atoms with Crippen LogP contribution in [0.3, 0.4) is 0 Å². The van der Waals surface area contributed by atoms with Gasteiger partial charge in [-0.3, -0.25) is 0 Å². The van der Waals surface area contributed by atoms with Crippen LogP contribution in [0.25, 0.3) is 0 Å². The van der Waals surface area contributed by atoms with Crippen molar-refractivity contribution >= 4 is 44.2 Å². The SMILES string of the molecule is CSC1(CNc2nnc(Br)s2)CCCCC1. The van der Waals surface area contributed by atoms with Crippen LogP contribution in [0.5, 0.6) is 0 Å². The molecule has 1 aliphatic carbocycles. The van der Waals surface area contributed by atoms with Crippen LogP contribution in [-0.2, 0) is 0 Å². The Morgan fingerprint density at radius 2 is 2.12 bits per heavy atom. The molecule has 0 bridgehead atoms. The fraction of sp³-hybridized carbons (Fsp3) is 0.800. The van der Waals surface area contributed by atoms with Crippen molar-refractivity contribution in [1.29, 1.82) is 0 Å². The molecule has 0 atom stereocenters. The zero-order chi connectivity index (χ0) is 11.4. The van der Waals surface area contributed by atoms with Crippen LogP contribution in [0.15, 0.2) is 3.92 Å². The Labute approximate surface area is 113 Å². The van der Waals surface area contributed by atoms with Crippen molar-refractivity contribution in [3.63, 3.8) is 0 Å². The van der Waals surface area contributed by atoms with E-state index in [0.717, 1.165) is 15.6 Å². The van der Waals surface area contributed by atoms with Gasteiger partial charge in [0.1, 0.15) is 0 Å². The Bertz CT molecular complexity index is 337. The maximum atomic E-state index is 4.07. The molecule has 0 saturated heterocycles. The van der Waals surface area contributed by atoms with Gasteiger partial charge in [-0.05, 0) is 35.0 Å². The summed E-state index contributed by atoms with van der Waals surface area (Å²) in [6.45, 7) is 1.01. The predicted molar refractivity (Wildman–Crippen MR) is 75.4 cm³/mol. The Hall–Kier alpha value is 0.190. The summed E-state index contributed by atoms with van der Waals surface area (Å²) >= 11 is 6.89. The van der Waals surface area contributed by atoms with Crippen molar-refractivity contribution in [2.75, 3.05) is 18.1 Å². The lowest BCUT2D eigenvalue weighted by Gasteiger charge is -2.35. The molecule has 1 heterocycles. The predicted octanol–water partition coefficient (Wildman–Crippen LogP) is 3.78. The number of anilines is 1. The number of hydrogen-bond donors (Lipinski definition) is 1. The standard InChI is InChI=1S/C10H16BrN3S2/c1-15-10(5-3-2-4-6-10)7-12-9-14-13-8(11)16-9/h2-7H2,1H3,(H,12,14). The molecule has 90 valence electrons. The molecule has 16 heavy (non-hydrogen) atoms. The van der Waals surface area contributed by atoms with E-state index in [1.165, 1.54) is 32.1 Å². The van der Waals surface area contributed by atoms with Gasteiger partial charge in [0.15, 0.2) is 3.92 Å². The number of hydrogen-bond acceptors (Lipinski definition) is 5. The summed E-state index contributed by atoms with van der Waals surface area (Å²) in [5.74, 6) is 0. The minimum Gasteiger partial charge on any atom is -0.359 e. The first-order valence-electron chi connectivity index (χ1n) is 5.52. The number of rotatable bonds is 4. The van der Waals surface area contributed by atoms with Crippen LogP contribution in [0, 0.1) is 0 Å². The zero-order valence-electron chi connectivity index (χ0n) is 9.33. The van der Waals surface area contributed by atoms with E-state index < -0.39 is 0 Å². The van der Waals surface area contributed by atoms with E-state index in [1.807, 2.05) is 11.8 Å². The molecular formula is C10H16BrN3S2. The molecule has 1 aromatic heterocycles. The van der Waals surface area contributed by atoms with E-state index in [0.29, 0.717) is 4.75 Å². The van der Waals surface area contributed by atoms with Crippen LogP contribution < -0.4 is 5.32 Å². The first-order chi connectivity index (χ1) is 7.74. The molecular weight excluding hydrogens is 306 g/mol. The van der Waals surface area contributed by atoms with Crippen molar-refractivity contribution in [3.05, 3.63) is 3.92 Å². The fourth-order valence-corrected chi connectivity index (χ4v) is 4.08. The second-order valence-corrected chi connectivity index (χ2v) is 7.69. The van der Waals surface area contributed by atoms with Crippen LogP contribution in [0.1, 0.15) is 32.1 Å². The van der Waals surface area contributed by atoms with E-state index >= 15 is 0 Å². The summed E-state index contributed by atoms with van der Waals surface area (Å²) in [7, 11) is 0. The van der Waals surface area contributed by atoms with E-state index in [4.69, 9.17) is 0 Å². The summed E-state index contributed by atoms with van der Waals surface area (Å²) in [4.78, 5) is 0. The van der Waals surface area contributed by atoms with E-state index in [-0.39, 0.29) is 0 Å². The smallest absolute Gasteiger partial charge is 0.206 e. The molecule has 1 aliphatic rings. The average Bonchev–Trinajstić information content (AvgIpc) is 2.74. The Morgan fingerprint density at radius 3 is 2.69 bits per heavy atom. The van der Waals surface area contributed by atoms with E-state index in [9.17, 15) is 0 Å². The molecule has 6 heteroatoms. The largest absolute Gasteiger partial charge is 0.359 e. The van der Waals surface area contributed by atoms with Gasteiger partial charge in [-0.15, -0.1) is 10.2 Å². The summed E-state index contributed by atoms with van der Waals surface area (Å²) in [6.07, 6.45) is 8.99. The number of halogens is 1. The third-order valence-electron chi connectivity index (χ3n) is 3.16. The van der Waals surface area contributed by atoms with Gasteiger partial charge in [0, 0.05) is 11.3 Å². The molecule has 1 fully saturated rings. The number of nitrogens with zero attached hydrogens (tertiary/aromatic N) is 2. The van der Waals surface area contributed by atoms with Crippen LogP contribution in [0.4, 0.5) is 5.13 Å². The number of nitrogens with one attached hydrogen (secondary N) is 1. The quantitative estimate of drug-likeness (QED) is 0.915. The fourth-order valence-electron chi connectivity index (χ4n) is 2.16. The Balaban J connectivity index is 1.91.